The first kappa shape index (κ1) is 15.0. The molecule has 0 bridgehead atoms. The topological polar surface area (TPSA) is 65.5 Å². The van der Waals surface area contributed by atoms with Gasteiger partial charge in [-0.15, -0.1) is 0 Å². The van der Waals surface area contributed by atoms with Gasteiger partial charge in [-0.25, -0.2) is 14.6 Å². The first-order valence-electron chi connectivity index (χ1n) is 6.53. The fourth-order valence-electron chi connectivity index (χ4n) is 1.89. The Morgan fingerprint density at radius 3 is 2.38 bits per heavy atom. The highest BCUT2D eigenvalue weighted by Gasteiger charge is 2.22. The van der Waals surface area contributed by atoms with Crippen LogP contribution in [0, 0.1) is 0 Å². The lowest BCUT2D eigenvalue weighted by molar-refractivity contribution is 0.00630. The fourth-order valence-corrected chi connectivity index (χ4v) is 1.89. The number of pyridine rings is 1. The molecule has 5 nitrogen and oxygen atoms in total. The molecule has 2 rings (SSSR count). The number of hydrogen-bond donors (Lipinski definition) is 0. The summed E-state index contributed by atoms with van der Waals surface area (Å²) < 4.78 is 10.0. The van der Waals surface area contributed by atoms with Crippen molar-refractivity contribution in [1.82, 2.24) is 4.98 Å². The van der Waals surface area contributed by atoms with Gasteiger partial charge in [-0.3, -0.25) is 0 Å². The van der Waals surface area contributed by atoms with Gasteiger partial charge in [0.2, 0.25) is 0 Å². The maximum atomic E-state index is 12.1. The summed E-state index contributed by atoms with van der Waals surface area (Å²) in [6.45, 7) is 5.31. The molecular weight excluding hydrogens is 270 g/mol. The standard InChI is InChI=1S/C16H17NO4/c1-16(2,3)21-14(18)12-9-10-7-5-6-8-11(10)13(17-12)15(19)20-4/h5-9H,1-4H3. The van der Waals surface area contributed by atoms with Crippen LogP contribution < -0.4 is 0 Å². The number of carbonyl (C=O) groups is 2. The molecule has 0 radical (unpaired) electrons. The molecule has 0 amide bonds. The number of methoxy groups -OCH3 is 1. The van der Waals surface area contributed by atoms with Crippen molar-refractivity contribution in [3.05, 3.63) is 41.7 Å². The molecule has 0 saturated carbocycles. The summed E-state index contributed by atoms with van der Waals surface area (Å²) in [4.78, 5) is 28.1. The minimum atomic E-state index is -0.629. The molecule has 0 aliphatic rings. The molecule has 2 aromatic rings. The van der Waals surface area contributed by atoms with Gasteiger partial charge in [0.1, 0.15) is 11.3 Å². The van der Waals surface area contributed by atoms with E-state index in [-0.39, 0.29) is 11.4 Å². The number of fused-ring (bicyclic) bond motifs is 1. The second-order valence-electron chi connectivity index (χ2n) is 5.57. The zero-order chi connectivity index (χ0) is 15.6. The van der Waals surface area contributed by atoms with Crippen molar-refractivity contribution >= 4 is 22.7 Å². The minimum Gasteiger partial charge on any atom is -0.464 e. The number of nitrogens with zero attached hydrogens (tertiary/aromatic N) is 1. The maximum Gasteiger partial charge on any atom is 0.357 e. The summed E-state index contributed by atoms with van der Waals surface area (Å²) in [6, 6.07) is 8.78. The van der Waals surface area contributed by atoms with Crippen LogP contribution in [0.5, 0.6) is 0 Å². The van der Waals surface area contributed by atoms with Gasteiger partial charge < -0.3 is 9.47 Å². The number of hydrogen-bond acceptors (Lipinski definition) is 5. The zero-order valence-electron chi connectivity index (χ0n) is 12.5. The van der Waals surface area contributed by atoms with Crippen molar-refractivity contribution in [3.63, 3.8) is 0 Å². The van der Waals surface area contributed by atoms with Gasteiger partial charge in [-0.2, -0.15) is 0 Å². The van der Waals surface area contributed by atoms with Gasteiger partial charge in [-0.1, -0.05) is 24.3 Å². The smallest absolute Gasteiger partial charge is 0.357 e. The molecule has 110 valence electrons. The summed E-state index contributed by atoms with van der Waals surface area (Å²) in [5.41, 5.74) is -0.434. The van der Waals surface area contributed by atoms with Crippen LogP contribution in [0.2, 0.25) is 0 Å². The minimum absolute atomic E-state index is 0.0871. The summed E-state index contributed by atoms with van der Waals surface area (Å²) in [5.74, 6) is -1.16. The van der Waals surface area contributed by atoms with Crippen molar-refractivity contribution in [2.75, 3.05) is 7.11 Å². The molecule has 0 unspecified atom stereocenters. The van der Waals surface area contributed by atoms with Crippen molar-refractivity contribution in [1.29, 1.82) is 0 Å². The Bertz CT molecular complexity index is 701. The lowest BCUT2D eigenvalue weighted by atomic mass is 10.1. The van der Waals surface area contributed by atoms with E-state index in [2.05, 4.69) is 4.98 Å². The van der Waals surface area contributed by atoms with E-state index in [0.717, 1.165) is 5.39 Å². The van der Waals surface area contributed by atoms with Gasteiger partial charge in [0.25, 0.3) is 0 Å². The van der Waals surface area contributed by atoms with E-state index >= 15 is 0 Å². The van der Waals surface area contributed by atoms with Crippen LogP contribution in [0.15, 0.2) is 30.3 Å². The van der Waals surface area contributed by atoms with Crippen LogP contribution in [0.4, 0.5) is 0 Å². The number of carbonyl (C=O) groups excluding carboxylic acids is 2. The molecule has 0 saturated heterocycles. The Kier molecular flexibility index (Phi) is 3.93. The third kappa shape index (κ3) is 3.37. The van der Waals surface area contributed by atoms with Crippen LogP contribution in [-0.4, -0.2) is 29.6 Å². The molecule has 1 aromatic heterocycles. The second kappa shape index (κ2) is 5.52. The predicted octanol–water partition coefficient (Wildman–Crippen LogP) is 2.98. The lowest BCUT2D eigenvalue weighted by Gasteiger charge is -2.19. The monoisotopic (exact) mass is 287 g/mol. The number of rotatable bonds is 2. The van der Waals surface area contributed by atoms with Gasteiger partial charge in [0.05, 0.1) is 7.11 Å². The number of esters is 2. The fraction of sp³-hybridized carbons (Fsp3) is 0.312. The van der Waals surface area contributed by atoms with Gasteiger partial charge in [-0.05, 0) is 32.2 Å². The van der Waals surface area contributed by atoms with E-state index in [0.29, 0.717) is 5.39 Å². The Balaban J connectivity index is 2.56. The van der Waals surface area contributed by atoms with E-state index < -0.39 is 17.5 Å². The molecule has 1 aromatic carbocycles. The van der Waals surface area contributed by atoms with E-state index in [1.807, 2.05) is 6.07 Å². The summed E-state index contributed by atoms with van der Waals surface area (Å²) in [5, 5.41) is 1.37. The molecular formula is C16H17NO4. The van der Waals surface area contributed by atoms with E-state index in [1.165, 1.54) is 7.11 Å². The molecule has 0 aliphatic carbocycles. The Morgan fingerprint density at radius 1 is 1.10 bits per heavy atom. The van der Waals surface area contributed by atoms with Crippen LogP contribution in [0.1, 0.15) is 41.7 Å². The molecule has 0 aliphatic heterocycles. The van der Waals surface area contributed by atoms with E-state index in [9.17, 15) is 9.59 Å². The SMILES string of the molecule is COC(=O)c1nc(C(=O)OC(C)(C)C)cc2ccccc12. The van der Waals surface area contributed by atoms with Crippen molar-refractivity contribution in [2.45, 2.75) is 26.4 Å². The average Bonchev–Trinajstić information content (AvgIpc) is 2.43. The largest absolute Gasteiger partial charge is 0.464 e. The summed E-state index contributed by atoms with van der Waals surface area (Å²) in [7, 11) is 1.28. The molecule has 0 fully saturated rings. The first-order chi connectivity index (χ1) is 9.81. The summed E-state index contributed by atoms with van der Waals surface area (Å²) >= 11 is 0. The molecule has 0 N–H and O–H groups in total. The zero-order valence-corrected chi connectivity index (χ0v) is 12.5. The quantitative estimate of drug-likeness (QED) is 0.794. The van der Waals surface area contributed by atoms with Gasteiger partial charge >= 0.3 is 11.9 Å². The number of ether oxygens (including phenoxy) is 2. The van der Waals surface area contributed by atoms with Crippen molar-refractivity contribution in [3.8, 4) is 0 Å². The van der Waals surface area contributed by atoms with Crippen LogP contribution >= 0.6 is 0 Å². The predicted molar refractivity (Wildman–Crippen MR) is 78.3 cm³/mol. The molecule has 1 heterocycles. The third-order valence-electron chi connectivity index (χ3n) is 2.73. The van der Waals surface area contributed by atoms with Gasteiger partial charge in [0.15, 0.2) is 5.69 Å². The van der Waals surface area contributed by atoms with Crippen LogP contribution in [0.25, 0.3) is 10.8 Å². The molecule has 0 atom stereocenters. The van der Waals surface area contributed by atoms with E-state index in [1.54, 1.807) is 45.0 Å². The number of aromatic nitrogens is 1. The Morgan fingerprint density at radius 2 is 1.76 bits per heavy atom. The molecule has 5 heteroatoms. The third-order valence-corrected chi connectivity index (χ3v) is 2.73. The van der Waals surface area contributed by atoms with Crippen molar-refractivity contribution in [2.24, 2.45) is 0 Å². The maximum absolute atomic E-state index is 12.1. The summed E-state index contributed by atoms with van der Waals surface area (Å²) in [6.07, 6.45) is 0. The van der Waals surface area contributed by atoms with Crippen molar-refractivity contribution < 1.29 is 19.1 Å². The van der Waals surface area contributed by atoms with Crippen LogP contribution in [-0.2, 0) is 9.47 Å². The molecule has 21 heavy (non-hydrogen) atoms. The second-order valence-corrected chi connectivity index (χ2v) is 5.57. The Hall–Kier alpha value is -2.43. The lowest BCUT2D eigenvalue weighted by Crippen LogP contribution is -2.25. The normalized spacial score (nSPS) is 11.2. The Labute approximate surface area is 122 Å². The van der Waals surface area contributed by atoms with Gasteiger partial charge in [0, 0.05) is 5.39 Å². The van der Waals surface area contributed by atoms with E-state index in [4.69, 9.17) is 9.47 Å². The first-order valence-corrected chi connectivity index (χ1v) is 6.53. The highest BCUT2D eigenvalue weighted by molar-refractivity contribution is 6.05. The highest BCUT2D eigenvalue weighted by Crippen LogP contribution is 2.21. The average molecular weight is 287 g/mol. The number of benzene rings is 1. The highest BCUT2D eigenvalue weighted by atomic mass is 16.6. The molecule has 0 spiro atoms. The van der Waals surface area contributed by atoms with Crippen LogP contribution in [0.3, 0.4) is 0 Å².